The number of pyridine rings is 1. The van der Waals surface area contributed by atoms with Gasteiger partial charge < -0.3 is 5.11 Å². The lowest BCUT2D eigenvalue weighted by atomic mass is 9.88. The third kappa shape index (κ3) is 3.93. The van der Waals surface area contributed by atoms with Gasteiger partial charge in [-0.2, -0.15) is 0 Å². The monoisotopic (exact) mass is 427 g/mol. The Kier molecular flexibility index (Phi) is 5.93. The van der Waals surface area contributed by atoms with Crippen LogP contribution < -0.4 is 0 Å². The SMILES string of the molecule is Cc1nc2sc3c(c2c(-c2ccccc2Cl)c1CCCC(C)C(=O)O)CCCC3. The van der Waals surface area contributed by atoms with E-state index < -0.39 is 5.97 Å². The summed E-state index contributed by atoms with van der Waals surface area (Å²) in [6.07, 6.45) is 7.02. The molecule has 1 atom stereocenters. The molecule has 1 N–H and O–H groups in total. The topological polar surface area (TPSA) is 50.2 Å². The molecule has 1 aliphatic carbocycles. The molecule has 0 saturated heterocycles. The van der Waals surface area contributed by atoms with Gasteiger partial charge in [0.1, 0.15) is 4.83 Å². The number of aryl methyl sites for hydroxylation is 3. The Morgan fingerprint density at radius 3 is 2.79 bits per heavy atom. The average molecular weight is 428 g/mol. The smallest absolute Gasteiger partial charge is 0.306 e. The second kappa shape index (κ2) is 8.45. The fourth-order valence-electron chi connectivity index (χ4n) is 4.42. The number of halogens is 1. The number of hydrogen-bond acceptors (Lipinski definition) is 3. The molecule has 0 saturated carbocycles. The molecule has 3 nitrogen and oxygen atoms in total. The highest BCUT2D eigenvalue weighted by Crippen LogP contribution is 2.45. The van der Waals surface area contributed by atoms with E-state index in [9.17, 15) is 9.90 Å². The molecular weight excluding hydrogens is 402 g/mol. The van der Waals surface area contributed by atoms with Crippen molar-refractivity contribution in [3.05, 3.63) is 51.0 Å². The number of carbonyl (C=O) groups is 1. The van der Waals surface area contributed by atoms with Crippen LogP contribution in [0.1, 0.15) is 54.3 Å². The van der Waals surface area contributed by atoms with Gasteiger partial charge in [0.15, 0.2) is 0 Å². The molecule has 1 aromatic carbocycles. The van der Waals surface area contributed by atoms with Crippen molar-refractivity contribution in [3.63, 3.8) is 0 Å². The minimum absolute atomic E-state index is 0.329. The molecule has 0 aliphatic heterocycles. The van der Waals surface area contributed by atoms with E-state index in [-0.39, 0.29) is 5.92 Å². The van der Waals surface area contributed by atoms with E-state index in [0.717, 1.165) is 46.8 Å². The average Bonchev–Trinajstić information content (AvgIpc) is 3.06. The molecule has 29 heavy (non-hydrogen) atoms. The minimum Gasteiger partial charge on any atom is -0.481 e. The van der Waals surface area contributed by atoms with E-state index in [4.69, 9.17) is 16.6 Å². The highest BCUT2D eigenvalue weighted by Gasteiger charge is 2.24. The quantitative estimate of drug-likeness (QED) is 0.468. The molecule has 0 fully saturated rings. The number of rotatable bonds is 6. The van der Waals surface area contributed by atoms with Crippen LogP contribution in [0.2, 0.25) is 5.02 Å². The predicted octanol–water partition coefficient (Wildman–Crippen LogP) is 6.85. The van der Waals surface area contributed by atoms with Crippen LogP contribution in [0.4, 0.5) is 0 Å². The second-order valence-electron chi connectivity index (χ2n) is 8.05. The van der Waals surface area contributed by atoms with E-state index >= 15 is 0 Å². The Morgan fingerprint density at radius 1 is 1.28 bits per heavy atom. The van der Waals surface area contributed by atoms with Crippen molar-refractivity contribution in [2.24, 2.45) is 5.92 Å². The largest absolute Gasteiger partial charge is 0.481 e. The summed E-state index contributed by atoms with van der Waals surface area (Å²) < 4.78 is 0. The van der Waals surface area contributed by atoms with E-state index in [0.29, 0.717) is 6.42 Å². The van der Waals surface area contributed by atoms with Gasteiger partial charge in [-0.25, -0.2) is 4.98 Å². The number of benzene rings is 1. The van der Waals surface area contributed by atoms with Crippen molar-refractivity contribution in [2.75, 3.05) is 0 Å². The van der Waals surface area contributed by atoms with Crippen molar-refractivity contribution in [2.45, 2.75) is 58.8 Å². The Hall–Kier alpha value is -1.91. The molecule has 1 aliphatic rings. The van der Waals surface area contributed by atoms with Gasteiger partial charge >= 0.3 is 5.97 Å². The number of nitrogens with zero attached hydrogens (tertiary/aromatic N) is 1. The summed E-state index contributed by atoms with van der Waals surface area (Å²) in [6.45, 7) is 3.86. The zero-order chi connectivity index (χ0) is 20.5. The zero-order valence-electron chi connectivity index (χ0n) is 16.9. The van der Waals surface area contributed by atoms with Gasteiger partial charge in [-0.15, -0.1) is 11.3 Å². The lowest BCUT2D eigenvalue weighted by molar-refractivity contribution is -0.141. The summed E-state index contributed by atoms with van der Waals surface area (Å²) in [5, 5.41) is 11.3. The number of carboxylic acids is 1. The normalized spacial score (nSPS) is 14.7. The fraction of sp³-hybridized carbons (Fsp3) is 0.417. The zero-order valence-corrected chi connectivity index (χ0v) is 18.5. The van der Waals surface area contributed by atoms with Gasteiger partial charge in [0.25, 0.3) is 0 Å². The third-order valence-corrected chi connectivity index (χ3v) is 7.55. The lowest BCUT2D eigenvalue weighted by Gasteiger charge is -2.18. The van der Waals surface area contributed by atoms with Crippen LogP contribution in [0, 0.1) is 12.8 Å². The van der Waals surface area contributed by atoms with Gasteiger partial charge in [-0.1, -0.05) is 36.7 Å². The van der Waals surface area contributed by atoms with E-state index in [1.54, 1.807) is 6.92 Å². The van der Waals surface area contributed by atoms with Crippen molar-refractivity contribution in [1.82, 2.24) is 4.98 Å². The standard InChI is InChI=1S/C24H26ClNO2S/c1-14(24(27)28)8-7-11-16-15(2)26-23-22(18-10-4-6-13-20(18)29-23)21(16)17-9-3-5-12-19(17)25/h3,5,9,12,14H,4,6-8,10-11,13H2,1-2H3,(H,27,28). The number of carboxylic acid groups (broad SMARTS) is 1. The lowest BCUT2D eigenvalue weighted by Crippen LogP contribution is -2.10. The first-order valence-electron chi connectivity index (χ1n) is 10.4. The molecule has 0 amide bonds. The number of fused-ring (bicyclic) bond motifs is 3. The summed E-state index contributed by atoms with van der Waals surface area (Å²) in [7, 11) is 0. The predicted molar refractivity (Wildman–Crippen MR) is 121 cm³/mol. The first-order valence-corrected chi connectivity index (χ1v) is 11.6. The summed E-state index contributed by atoms with van der Waals surface area (Å²) >= 11 is 8.50. The minimum atomic E-state index is -0.728. The number of hydrogen-bond donors (Lipinski definition) is 1. The molecule has 0 radical (unpaired) electrons. The number of thiophene rings is 1. The summed E-state index contributed by atoms with van der Waals surface area (Å²) in [4.78, 5) is 18.8. The van der Waals surface area contributed by atoms with Crippen LogP contribution in [0.15, 0.2) is 24.3 Å². The van der Waals surface area contributed by atoms with Crippen molar-refractivity contribution >= 4 is 39.1 Å². The Labute approximate surface area is 180 Å². The van der Waals surface area contributed by atoms with Crippen molar-refractivity contribution in [3.8, 4) is 11.1 Å². The second-order valence-corrected chi connectivity index (χ2v) is 9.54. The highest BCUT2D eigenvalue weighted by molar-refractivity contribution is 7.19. The molecule has 5 heteroatoms. The maximum Gasteiger partial charge on any atom is 0.306 e. The molecule has 0 bridgehead atoms. The van der Waals surface area contributed by atoms with Crippen molar-refractivity contribution < 1.29 is 9.90 Å². The highest BCUT2D eigenvalue weighted by atomic mass is 35.5. The summed E-state index contributed by atoms with van der Waals surface area (Å²) in [5.74, 6) is -1.06. The first-order chi connectivity index (χ1) is 14.0. The van der Waals surface area contributed by atoms with Gasteiger partial charge in [-0.3, -0.25) is 4.79 Å². The van der Waals surface area contributed by atoms with Gasteiger partial charge in [0.05, 0.1) is 5.92 Å². The molecule has 4 rings (SSSR count). The third-order valence-electron chi connectivity index (χ3n) is 6.04. The van der Waals surface area contributed by atoms with Gasteiger partial charge in [0, 0.05) is 26.5 Å². The Morgan fingerprint density at radius 2 is 2.03 bits per heavy atom. The Bertz CT molecular complexity index is 1070. The molecule has 3 aromatic rings. The first kappa shape index (κ1) is 20.4. The van der Waals surface area contributed by atoms with Crippen molar-refractivity contribution in [1.29, 1.82) is 0 Å². The molecule has 2 aromatic heterocycles. The van der Waals surface area contributed by atoms with E-state index in [1.807, 2.05) is 29.5 Å². The summed E-state index contributed by atoms with van der Waals surface area (Å²) in [6, 6.07) is 8.06. The van der Waals surface area contributed by atoms with Crippen LogP contribution >= 0.6 is 22.9 Å². The summed E-state index contributed by atoms with van der Waals surface area (Å²) in [5.41, 5.74) is 6.00. The van der Waals surface area contributed by atoms with Crippen LogP contribution in [0.25, 0.3) is 21.3 Å². The fourth-order valence-corrected chi connectivity index (χ4v) is 5.96. The van der Waals surface area contributed by atoms with Crippen LogP contribution in [-0.2, 0) is 24.1 Å². The number of aliphatic carboxylic acids is 1. The molecular formula is C24H26ClNO2S. The van der Waals surface area contributed by atoms with Gasteiger partial charge in [0.2, 0.25) is 0 Å². The molecule has 152 valence electrons. The van der Waals surface area contributed by atoms with Crippen LogP contribution in [-0.4, -0.2) is 16.1 Å². The van der Waals surface area contributed by atoms with Crippen LogP contribution in [0.3, 0.4) is 0 Å². The maximum atomic E-state index is 11.2. The number of aromatic nitrogens is 1. The van der Waals surface area contributed by atoms with E-state index in [1.165, 1.54) is 39.8 Å². The molecule has 1 unspecified atom stereocenters. The van der Waals surface area contributed by atoms with E-state index in [2.05, 4.69) is 13.0 Å². The molecule has 2 heterocycles. The maximum absolute atomic E-state index is 11.2. The Balaban J connectivity index is 1.87. The molecule has 0 spiro atoms. The van der Waals surface area contributed by atoms with Gasteiger partial charge in [-0.05, 0) is 74.6 Å². The van der Waals surface area contributed by atoms with Crippen LogP contribution in [0.5, 0.6) is 0 Å².